The summed E-state index contributed by atoms with van der Waals surface area (Å²) in [5.74, 6) is 0.723. The van der Waals surface area contributed by atoms with Gasteiger partial charge in [-0.2, -0.15) is 0 Å². The molecule has 2 saturated heterocycles. The Hall–Kier alpha value is -2.24. The van der Waals surface area contributed by atoms with Crippen molar-refractivity contribution in [3.05, 3.63) is 29.8 Å². The molecule has 0 aromatic heterocycles. The van der Waals surface area contributed by atoms with Gasteiger partial charge < -0.3 is 20.3 Å². The number of amides is 3. The van der Waals surface area contributed by atoms with Crippen molar-refractivity contribution < 1.29 is 14.3 Å². The summed E-state index contributed by atoms with van der Waals surface area (Å²) in [4.78, 5) is 26.6. The normalized spacial score (nSPS) is 24.2. The van der Waals surface area contributed by atoms with Crippen LogP contribution in [0.4, 0.5) is 4.79 Å². The maximum atomic E-state index is 12.7. The van der Waals surface area contributed by atoms with Crippen LogP contribution in [0.1, 0.15) is 43.7 Å². The summed E-state index contributed by atoms with van der Waals surface area (Å²) >= 11 is 0. The Morgan fingerprint density at radius 2 is 2.17 bits per heavy atom. The molecule has 1 aromatic rings. The van der Waals surface area contributed by atoms with Crippen molar-refractivity contribution in [1.29, 1.82) is 0 Å². The third-order valence-corrected chi connectivity index (χ3v) is 4.83. The zero-order valence-corrected chi connectivity index (χ0v) is 14.1. The van der Waals surface area contributed by atoms with Crippen LogP contribution < -0.4 is 15.4 Å². The molecule has 2 heterocycles. The fourth-order valence-electron chi connectivity index (χ4n) is 3.51. The fraction of sp³-hybridized carbons (Fsp3) is 0.556. The molecule has 2 aliphatic rings. The first kappa shape index (κ1) is 16.6. The predicted molar refractivity (Wildman–Crippen MR) is 90.9 cm³/mol. The number of rotatable bonds is 3. The van der Waals surface area contributed by atoms with Gasteiger partial charge in [-0.25, -0.2) is 4.79 Å². The van der Waals surface area contributed by atoms with Gasteiger partial charge in [-0.1, -0.05) is 12.1 Å². The van der Waals surface area contributed by atoms with E-state index < -0.39 is 6.04 Å². The summed E-state index contributed by atoms with van der Waals surface area (Å²) in [6, 6.07) is 7.31. The van der Waals surface area contributed by atoms with Crippen molar-refractivity contribution in [3.8, 4) is 5.75 Å². The first-order valence-corrected chi connectivity index (χ1v) is 8.68. The van der Waals surface area contributed by atoms with Crippen molar-refractivity contribution in [2.24, 2.45) is 0 Å². The smallest absolute Gasteiger partial charge is 0.318 e. The summed E-state index contributed by atoms with van der Waals surface area (Å²) in [7, 11) is 1.64. The van der Waals surface area contributed by atoms with Gasteiger partial charge in [0.1, 0.15) is 11.8 Å². The number of hydrogen-bond donors (Lipinski definition) is 2. The van der Waals surface area contributed by atoms with Gasteiger partial charge >= 0.3 is 6.03 Å². The number of likely N-dealkylation sites (tertiary alicyclic amines) is 1. The highest BCUT2D eigenvalue weighted by Gasteiger charge is 2.32. The standard InChI is InChI=1S/C18H25N3O3/c1-24-14-7-4-6-13(12-14)16-9-5-11-21(16)18(23)20-15-8-2-3-10-19-17(15)22/h4,6-7,12,15-16H,2-3,5,8-11H2,1H3,(H,19,22)(H,20,23)/t15-,16+/m1/s1. The molecule has 0 spiro atoms. The third kappa shape index (κ3) is 3.63. The van der Waals surface area contributed by atoms with Crippen LogP contribution in [-0.4, -0.2) is 43.1 Å². The minimum atomic E-state index is -0.424. The molecular weight excluding hydrogens is 306 g/mol. The van der Waals surface area contributed by atoms with Gasteiger partial charge in [-0.05, 0) is 49.8 Å². The number of carbonyl (C=O) groups is 2. The molecule has 2 aliphatic heterocycles. The monoisotopic (exact) mass is 331 g/mol. The zero-order chi connectivity index (χ0) is 16.9. The number of hydrogen-bond acceptors (Lipinski definition) is 3. The molecule has 2 N–H and O–H groups in total. The van der Waals surface area contributed by atoms with Crippen molar-refractivity contribution in [2.75, 3.05) is 20.2 Å². The minimum absolute atomic E-state index is 0.0361. The Morgan fingerprint density at radius 1 is 1.29 bits per heavy atom. The van der Waals surface area contributed by atoms with E-state index in [2.05, 4.69) is 10.6 Å². The lowest BCUT2D eigenvalue weighted by Gasteiger charge is -2.27. The molecule has 0 saturated carbocycles. The lowest BCUT2D eigenvalue weighted by atomic mass is 10.0. The fourth-order valence-corrected chi connectivity index (χ4v) is 3.51. The first-order valence-electron chi connectivity index (χ1n) is 8.68. The number of carbonyl (C=O) groups excluding carboxylic acids is 2. The highest BCUT2D eigenvalue weighted by Crippen LogP contribution is 2.33. The Balaban J connectivity index is 1.70. The summed E-state index contributed by atoms with van der Waals surface area (Å²) in [5.41, 5.74) is 1.08. The molecule has 0 bridgehead atoms. The van der Waals surface area contributed by atoms with E-state index in [0.717, 1.165) is 37.0 Å². The quantitative estimate of drug-likeness (QED) is 0.892. The van der Waals surface area contributed by atoms with Crippen molar-refractivity contribution in [1.82, 2.24) is 15.5 Å². The molecule has 3 rings (SSSR count). The highest BCUT2D eigenvalue weighted by atomic mass is 16.5. The Bertz CT molecular complexity index is 605. The first-order chi connectivity index (χ1) is 11.7. The molecule has 2 atom stereocenters. The van der Waals surface area contributed by atoms with E-state index in [-0.39, 0.29) is 18.0 Å². The van der Waals surface area contributed by atoms with E-state index in [9.17, 15) is 9.59 Å². The molecular formula is C18H25N3O3. The molecule has 1 aromatic carbocycles. The van der Waals surface area contributed by atoms with E-state index in [1.54, 1.807) is 7.11 Å². The predicted octanol–water partition coefficient (Wildman–Crippen LogP) is 2.21. The highest BCUT2D eigenvalue weighted by molar-refractivity contribution is 5.87. The minimum Gasteiger partial charge on any atom is -0.497 e. The average Bonchev–Trinajstić information content (AvgIpc) is 3.01. The van der Waals surface area contributed by atoms with Gasteiger partial charge in [0.25, 0.3) is 0 Å². The zero-order valence-electron chi connectivity index (χ0n) is 14.1. The number of nitrogens with one attached hydrogen (secondary N) is 2. The molecule has 24 heavy (non-hydrogen) atoms. The topological polar surface area (TPSA) is 70.7 Å². The number of benzene rings is 1. The number of ether oxygens (including phenoxy) is 1. The molecule has 0 radical (unpaired) electrons. The van der Waals surface area contributed by atoms with Crippen LogP contribution in [0, 0.1) is 0 Å². The number of methoxy groups -OCH3 is 1. The molecule has 0 unspecified atom stereocenters. The van der Waals surface area contributed by atoms with E-state index in [4.69, 9.17) is 4.74 Å². The maximum absolute atomic E-state index is 12.7. The summed E-state index contributed by atoms with van der Waals surface area (Å²) in [5, 5.41) is 5.78. The van der Waals surface area contributed by atoms with E-state index in [0.29, 0.717) is 19.5 Å². The number of urea groups is 1. The molecule has 3 amide bonds. The Kier molecular flexibility index (Phi) is 5.23. The van der Waals surface area contributed by atoms with Gasteiger partial charge in [0, 0.05) is 13.1 Å². The van der Waals surface area contributed by atoms with Gasteiger partial charge in [-0.3, -0.25) is 4.79 Å². The average molecular weight is 331 g/mol. The van der Waals surface area contributed by atoms with Crippen LogP contribution in [0.2, 0.25) is 0 Å². The molecule has 0 aliphatic carbocycles. The molecule has 130 valence electrons. The summed E-state index contributed by atoms with van der Waals surface area (Å²) in [6.07, 6.45) is 4.51. The summed E-state index contributed by atoms with van der Waals surface area (Å²) in [6.45, 7) is 1.41. The van der Waals surface area contributed by atoms with Gasteiger partial charge in [-0.15, -0.1) is 0 Å². The lowest BCUT2D eigenvalue weighted by Crippen LogP contribution is -2.50. The summed E-state index contributed by atoms with van der Waals surface area (Å²) < 4.78 is 5.29. The van der Waals surface area contributed by atoms with E-state index >= 15 is 0 Å². The van der Waals surface area contributed by atoms with E-state index in [1.165, 1.54) is 0 Å². The second-order valence-electron chi connectivity index (χ2n) is 6.42. The molecule has 6 heteroatoms. The second-order valence-corrected chi connectivity index (χ2v) is 6.42. The molecule has 6 nitrogen and oxygen atoms in total. The molecule has 2 fully saturated rings. The van der Waals surface area contributed by atoms with Crippen LogP contribution in [0.3, 0.4) is 0 Å². The van der Waals surface area contributed by atoms with Crippen LogP contribution >= 0.6 is 0 Å². The van der Waals surface area contributed by atoms with Gasteiger partial charge in [0.15, 0.2) is 0 Å². The second kappa shape index (κ2) is 7.55. The largest absolute Gasteiger partial charge is 0.497 e. The maximum Gasteiger partial charge on any atom is 0.318 e. The van der Waals surface area contributed by atoms with Crippen LogP contribution in [0.25, 0.3) is 0 Å². The van der Waals surface area contributed by atoms with Gasteiger partial charge in [0.05, 0.1) is 13.2 Å². The van der Waals surface area contributed by atoms with Crippen LogP contribution in [0.5, 0.6) is 5.75 Å². The van der Waals surface area contributed by atoms with Crippen molar-refractivity contribution in [2.45, 2.75) is 44.2 Å². The SMILES string of the molecule is COc1cccc([C@@H]2CCCN2C(=O)N[C@@H]2CCCCNC2=O)c1. The lowest BCUT2D eigenvalue weighted by molar-refractivity contribution is -0.122. The van der Waals surface area contributed by atoms with E-state index in [1.807, 2.05) is 29.2 Å². The Labute approximate surface area is 142 Å². The van der Waals surface area contributed by atoms with Crippen LogP contribution in [-0.2, 0) is 4.79 Å². The van der Waals surface area contributed by atoms with Crippen LogP contribution in [0.15, 0.2) is 24.3 Å². The van der Waals surface area contributed by atoms with Gasteiger partial charge in [0.2, 0.25) is 5.91 Å². The third-order valence-electron chi connectivity index (χ3n) is 4.83. The van der Waals surface area contributed by atoms with Crippen molar-refractivity contribution in [3.63, 3.8) is 0 Å². The number of nitrogens with zero attached hydrogens (tertiary/aromatic N) is 1. The van der Waals surface area contributed by atoms with Crippen molar-refractivity contribution >= 4 is 11.9 Å². The Morgan fingerprint density at radius 3 is 3.00 bits per heavy atom.